The van der Waals surface area contributed by atoms with Gasteiger partial charge in [0.05, 0.1) is 6.54 Å². The van der Waals surface area contributed by atoms with Gasteiger partial charge in [-0.05, 0) is 24.3 Å². The third-order valence-electron chi connectivity index (χ3n) is 2.27. The summed E-state index contributed by atoms with van der Waals surface area (Å²) in [4.78, 5) is 4.43. The molecule has 15 heavy (non-hydrogen) atoms. The van der Waals surface area contributed by atoms with Crippen LogP contribution in [0.4, 0.5) is 0 Å². The van der Waals surface area contributed by atoms with Crippen molar-refractivity contribution in [3.63, 3.8) is 0 Å². The van der Waals surface area contributed by atoms with Crippen molar-refractivity contribution >= 4 is 17.8 Å². The van der Waals surface area contributed by atoms with Crippen LogP contribution in [-0.4, -0.2) is 12.1 Å². The molecule has 2 heteroatoms. The smallest absolute Gasteiger partial charge is 0.0635 e. The first kappa shape index (κ1) is 12.3. The molecule has 0 aliphatic heterocycles. The van der Waals surface area contributed by atoms with Gasteiger partial charge in [0, 0.05) is 12.1 Å². The van der Waals surface area contributed by atoms with Crippen molar-refractivity contribution in [3.05, 3.63) is 35.9 Å². The average molecular weight is 224 g/mol. The fourth-order valence-corrected chi connectivity index (χ4v) is 1.55. The van der Waals surface area contributed by atoms with Gasteiger partial charge in [-0.1, -0.05) is 37.3 Å². The van der Waals surface area contributed by atoms with E-state index in [1.807, 2.05) is 24.4 Å². The standard InChI is InChI=1S/C13H18ClN/c1-12(6-5-9-14)10-15-11-13-7-3-2-4-8-13/h2-4,7-8,10,12H,5-6,9,11H2,1H3. The summed E-state index contributed by atoms with van der Waals surface area (Å²) in [6.45, 7) is 2.97. The van der Waals surface area contributed by atoms with Gasteiger partial charge in [0.15, 0.2) is 0 Å². The Kier molecular flexibility index (Phi) is 6.10. The van der Waals surface area contributed by atoms with Crippen LogP contribution < -0.4 is 0 Å². The Hall–Kier alpha value is -0.820. The first-order valence-electron chi connectivity index (χ1n) is 5.42. The van der Waals surface area contributed by atoms with E-state index < -0.39 is 0 Å². The Balaban J connectivity index is 2.27. The highest BCUT2D eigenvalue weighted by Crippen LogP contribution is 2.05. The molecular formula is C13H18ClN. The average Bonchev–Trinajstić information content (AvgIpc) is 2.28. The van der Waals surface area contributed by atoms with Crippen LogP contribution in [0.25, 0.3) is 0 Å². The molecule has 1 unspecified atom stereocenters. The summed E-state index contributed by atoms with van der Waals surface area (Å²) in [6.07, 6.45) is 4.24. The number of benzene rings is 1. The number of rotatable bonds is 6. The highest BCUT2D eigenvalue weighted by Gasteiger charge is 1.96. The van der Waals surface area contributed by atoms with Crippen molar-refractivity contribution < 1.29 is 0 Å². The maximum absolute atomic E-state index is 5.63. The minimum Gasteiger partial charge on any atom is -0.293 e. The summed E-state index contributed by atoms with van der Waals surface area (Å²) in [7, 11) is 0. The predicted octanol–water partition coefficient (Wildman–Crippen LogP) is 3.91. The van der Waals surface area contributed by atoms with Gasteiger partial charge in [0.25, 0.3) is 0 Å². The molecule has 1 rings (SSSR count). The van der Waals surface area contributed by atoms with Crippen LogP contribution in [0.2, 0.25) is 0 Å². The third-order valence-corrected chi connectivity index (χ3v) is 2.54. The van der Waals surface area contributed by atoms with Crippen molar-refractivity contribution in [3.8, 4) is 0 Å². The number of halogens is 1. The lowest BCUT2D eigenvalue weighted by molar-refractivity contribution is 0.678. The molecule has 0 saturated carbocycles. The summed E-state index contributed by atoms with van der Waals surface area (Å²) < 4.78 is 0. The Morgan fingerprint density at radius 1 is 1.33 bits per heavy atom. The van der Waals surface area contributed by atoms with Crippen LogP contribution in [0.3, 0.4) is 0 Å². The van der Waals surface area contributed by atoms with Gasteiger partial charge in [-0.2, -0.15) is 0 Å². The Labute approximate surface area is 97.2 Å². The number of aliphatic imine (C=N–C) groups is 1. The zero-order chi connectivity index (χ0) is 10.9. The predicted molar refractivity (Wildman–Crippen MR) is 67.8 cm³/mol. The first-order chi connectivity index (χ1) is 7.33. The number of nitrogens with zero attached hydrogens (tertiary/aromatic N) is 1. The summed E-state index contributed by atoms with van der Waals surface area (Å²) >= 11 is 5.63. The normalized spacial score (nSPS) is 13.2. The molecule has 0 aromatic heterocycles. The van der Waals surface area contributed by atoms with Gasteiger partial charge in [0.1, 0.15) is 0 Å². The second kappa shape index (κ2) is 7.47. The molecule has 82 valence electrons. The molecule has 0 aliphatic carbocycles. The molecular weight excluding hydrogens is 206 g/mol. The molecule has 0 amide bonds. The van der Waals surface area contributed by atoms with Crippen LogP contribution >= 0.6 is 11.6 Å². The monoisotopic (exact) mass is 223 g/mol. The van der Waals surface area contributed by atoms with Gasteiger partial charge < -0.3 is 0 Å². The zero-order valence-electron chi connectivity index (χ0n) is 9.20. The quantitative estimate of drug-likeness (QED) is 0.512. The van der Waals surface area contributed by atoms with Crippen LogP contribution in [0.1, 0.15) is 25.3 Å². The van der Waals surface area contributed by atoms with E-state index in [0.717, 1.165) is 25.3 Å². The van der Waals surface area contributed by atoms with Gasteiger partial charge >= 0.3 is 0 Å². The maximum Gasteiger partial charge on any atom is 0.0635 e. The molecule has 0 aliphatic rings. The lowest BCUT2D eigenvalue weighted by Gasteiger charge is -2.02. The van der Waals surface area contributed by atoms with Gasteiger partial charge in [0.2, 0.25) is 0 Å². The minimum atomic E-state index is 0.535. The summed E-state index contributed by atoms with van der Waals surface area (Å²) in [5.41, 5.74) is 1.26. The molecule has 0 spiro atoms. The minimum absolute atomic E-state index is 0.535. The molecule has 1 aromatic carbocycles. The molecule has 1 nitrogen and oxygen atoms in total. The summed E-state index contributed by atoms with van der Waals surface area (Å²) in [5, 5.41) is 0. The van der Waals surface area contributed by atoms with E-state index in [-0.39, 0.29) is 0 Å². The molecule has 1 aromatic rings. The van der Waals surface area contributed by atoms with Crippen LogP contribution in [-0.2, 0) is 6.54 Å². The summed E-state index contributed by atoms with van der Waals surface area (Å²) in [6, 6.07) is 10.3. The molecule has 1 atom stereocenters. The Bertz CT molecular complexity index is 282. The largest absolute Gasteiger partial charge is 0.293 e. The maximum atomic E-state index is 5.63. The first-order valence-corrected chi connectivity index (χ1v) is 5.96. The van der Waals surface area contributed by atoms with Crippen LogP contribution in [0, 0.1) is 5.92 Å². The molecule has 0 radical (unpaired) electrons. The highest BCUT2D eigenvalue weighted by atomic mass is 35.5. The van der Waals surface area contributed by atoms with E-state index in [9.17, 15) is 0 Å². The third kappa shape index (κ3) is 5.58. The van der Waals surface area contributed by atoms with Gasteiger partial charge in [-0.3, -0.25) is 4.99 Å². The molecule has 0 fully saturated rings. The Morgan fingerprint density at radius 3 is 2.73 bits per heavy atom. The lowest BCUT2D eigenvalue weighted by Crippen LogP contribution is -1.96. The number of hydrogen-bond donors (Lipinski definition) is 0. The molecule has 0 saturated heterocycles. The van der Waals surface area contributed by atoms with E-state index >= 15 is 0 Å². The van der Waals surface area contributed by atoms with Gasteiger partial charge in [-0.15, -0.1) is 11.6 Å². The van der Waals surface area contributed by atoms with Crippen molar-refractivity contribution in [2.24, 2.45) is 10.9 Å². The van der Waals surface area contributed by atoms with E-state index in [2.05, 4.69) is 24.0 Å². The SMILES string of the molecule is CC(C=NCc1ccccc1)CCCCl. The highest BCUT2D eigenvalue weighted by molar-refractivity contribution is 6.17. The number of hydrogen-bond acceptors (Lipinski definition) is 1. The topological polar surface area (TPSA) is 12.4 Å². The van der Waals surface area contributed by atoms with Crippen LogP contribution in [0.5, 0.6) is 0 Å². The van der Waals surface area contributed by atoms with Crippen molar-refractivity contribution in [2.45, 2.75) is 26.3 Å². The van der Waals surface area contributed by atoms with Crippen molar-refractivity contribution in [2.75, 3.05) is 5.88 Å². The molecule has 0 N–H and O–H groups in total. The molecule has 0 bridgehead atoms. The van der Waals surface area contributed by atoms with E-state index in [0.29, 0.717) is 5.92 Å². The van der Waals surface area contributed by atoms with E-state index in [1.165, 1.54) is 5.56 Å². The number of alkyl halides is 1. The van der Waals surface area contributed by atoms with E-state index in [4.69, 9.17) is 11.6 Å². The summed E-state index contributed by atoms with van der Waals surface area (Å²) in [5.74, 6) is 1.28. The van der Waals surface area contributed by atoms with Crippen molar-refractivity contribution in [1.29, 1.82) is 0 Å². The van der Waals surface area contributed by atoms with Gasteiger partial charge in [-0.25, -0.2) is 0 Å². The van der Waals surface area contributed by atoms with E-state index in [1.54, 1.807) is 0 Å². The second-order valence-corrected chi connectivity index (χ2v) is 4.16. The second-order valence-electron chi connectivity index (χ2n) is 3.78. The lowest BCUT2D eigenvalue weighted by atomic mass is 10.1. The molecule has 0 heterocycles. The Morgan fingerprint density at radius 2 is 2.07 bits per heavy atom. The fraction of sp³-hybridized carbons (Fsp3) is 0.462. The fourth-order valence-electron chi connectivity index (χ4n) is 1.40. The van der Waals surface area contributed by atoms with Crippen LogP contribution in [0.15, 0.2) is 35.3 Å². The van der Waals surface area contributed by atoms with Crippen molar-refractivity contribution in [1.82, 2.24) is 0 Å². The zero-order valence-corrected chi connectivity index (χ0v) is 9.95.